The van der Waals surface area contributed by atoms with E-state index in [0.29, 0.717) is 11.7 Å². The van der Waals surface area contributed by atoms with Crippen molar-refractivity contribution in [2.75, 3.05) is 0 Å². The molecule has 4 N–H and O–H groups in total. The van der Waals surface area contributed by atoms with Crippen LogP contribution < -0.4 is 11.1 Å². The van der Waals surface area contributed by atoms with Gasteiger partial charge in [0.1, 0.15) is 11.9 Å². The van der Waals surface area contributed by atoms with E-state index >= 15 is 0 Å². The van der Waals surface area contributed by atoms with Gasteiger partial charge >= 0.3 is 0 Å². The van der Waals surface area contributed by atoms with E-state index in [2.05, 4.69) is 5.32 Å². The predicted molar refractivity (Wildman–Crippen MR) is 75.7 cm³/mol. The summed E-state index contributed by atoms with van der Waals surface area (Å²) in [4.78, 5) is 11.8. The van der Waals surface area contributed by atoms with E-state index in [1.807, 2.05) is 0 Å². The van der Waals surface area contributed by atoms with Crippen molar-refractivity contribution in [1.82, 2.24) is 5.32 Å². The van der Waals surface area contributed by atoms with Gasteiger partial charge in [-0.2, -0.15) is 0 Å². The summed E-state index contributed by atoms with van der Waals surface area (Å²) < 4.78 is 5.12. The van der Waals surface area contributed by atoms with Crippen molar-refractivity contribution in [3.63, 3.8) is 0 Å². The number of nitrogens with two attached hydrogens (primary N) is 1. The highest BCUT2D eigenvalue weighted by atomic mass is 16.3. The molecule has 0 aliphatic heterocycles. The van der Waals surface area contributed by atoms with Gasteiger partial charge in [0.05, 0.1) is 12.8 Å². The Labute approximate surface area is 119 Å². The van der Waals surface area contributed by atoms with Crippen LogP contribution in [0.5, 0.6) is 0 Å². The average Bonchev–Trinajstić information content (AvgIpc) is 2.98. The molecule has 0 aromatic carbocycles. The van der Waals surface area contributed by atoms with Crippen molar-refractivity contribution >= 4 is 5.91 Å². The smallest absolute Gasteiger partial charge is 0.250 e. The van der Waals surface area contributed by atoms with Crippen LogP contribution in [0.4, 0.5) is 0 Å². The fourth-order valence-electron chi connectivity index (χ4n) is 2.82. The maximum Gasteiger partial charge on any atom is 0.250 e. The quantitative estimate of drug-likeness (QED) is 0.737. The maximum absolute atomic E-state index is 11.8. The van der Waals surface area contributed by atoms with Crippen molar-refractivity contribution in [1.29, 1.82) is 0 Å². The predicted octanol–water partition coefficient (Wildman–Crippen LogP) is 1.55. The van der Waals surface area contributed by atoms with Crippen LogP contribution in [0, 0.1) is 5.92 Å². The molecule has 1 aromatic rings. The third-order valence-corrected chi connectivity index (χ3v) is 4.02. The van der Waals surface area contributed by atoms with E-state index in [-0.39, 0.29) is 6.54 Å². The molecule has 20 heavy (non-hydrogen) atoms. The third kappa shape index (κ3) is 4.35. The molecule has 0 saturated heterocycles. The van der Waals surface area contributed by atoms with E-state index < -0.39 is 18.1 Å². The molecule has 0 spiro atoms. The van der Waals surface area contributed by atoms with Gasteiger partial charge < -0.3 is 20.6 Å². The van der Waals surface area contributed by atoms with Crippen molar-refractivity contribution in [2.24, 2.45) is 11.7 Å². The fourth-order valence-corrected chi connectivity index (χ4v) is 2.82. The first-order chi connectivity index (χ1) is 9.66. The Kier molecular flexibility index (Phi) is 5.61. The summed E-state index contributed by atoms with van der Waals surface area (Å²) in [6, 6.07) is 3.04. The second-order valence-electron chi connectivity index (χ2n) is 5.65. The average molecular weight is 280 g/mol. The molecule has 5 nitrogen and oxygen atoms in total. The minimum Gasteiger partial charge on any atom is -0.467 e. The van der Waals surface area contributed by atoms with Gasteiger partial charge in [0.2, 0.25) is 0 Å². The second-order valence-corrected chi connectivity index (χ2v) is 5.65. The first kappa shape index (κ1) is 15.1. The van der Waals surface area contributed by atoms with E-state index in [1.165, 1.54) is 19.3 Å². The molecule has 1 aliphatic carbocycles. The van der Waals surface area contributed by atoms with Crippen LogP contribution in [-0.2, 0) is 11.3 Å². The van der Waals surface area contributed by atoms with Gasteiger partial charge in [0.15, 0.2) is 0 Å². The highest BCUT2D eigenvalue weighted by Gasteiger charge is 2.26. The largest absolute Gasteiger partial charge is 0.467 e. The zero-order valence-corrected chi connectivity index (χ0v) is 11.8. The highest BCUT2D eigenvalue weighted by Crippen LogP contribution is 2.27. The molecule has 5 heteroatoms. The highest BCUT2D eigenvalue weighted by molar-refractivity contribution is 5.81. The summed E-state index contributed by atoms with van der Waals surface area (Å²) in [6.45, 7) is 0.277. The summed E-state index contributed by atoms with van der Waals surface area (Å²) in [6.07, 6.45) is 7.20. The van der Waals surface area contributed by atoms with Crippen LogP contribution in [0.2, 0.25) is 0 Å². The molecule has 1 fully saturated rings. The van der Waals surface area contributed by atoms with E-state index in [4.69, 9.17) is 10.2 Å². The normalized spacial score (nSPS) is 19.5. The first-order valence-corrected chi connectivity index (χ1v) is 7.40. The van der Waals surface area contributed by atoms with Crippen LogP contribution in [0.15, 0.2) is 22.8 Å². The Morgan fingerprint density at radius 2 is 2.20 bits per heavy atom. The number of hydrogen-bond donors (Lipinski definition) is 3. The molecule has 2 atom stereocenters. The minimum atomic E-state index is -1.15. The topological polar surface area (TPSA) is 88.5 Å². The number of aliphatic hydroxyl groups excluding tert-OH is 1. The molecule has 1 unspecified atom stereocenters. The lowest BCUT2D eigenvalue weighted by Gasteiger charge is -2.26. The molecule has 1 heterocycles. The Hall–Kier alpha value is -1.33. The summed E-state index contributed by atoms with van der Waals surface area (Å²) in [5.41, 5.74) is 5.96. The first-order valence-electron chi connectivity index (χ1n) is 7.40. The molecule has 0 bridgehead atoms. The number of amides is 1. The van der Waals surface area contributed by atoms with Crippen LogP contribution in [-0.4, -0.2) is 23.2 Å². The lowest BCUT2D eigenvalue weighted by atomic mass is 9.84. The number of aliphatic hydroxyl groups is 1. The minimum absolute atomic E-state index is 0.277. The fraction of sp³-hybridized carbons (Fsp3) is 0.667. The van der Waals surface area contributed by atoms with Crippen molar-refractivity contribution in [2.45, 2.75) is 57.2 Å². The molecule has 0 radical (unpaired) electrons. The molecule has 1 aliphatic rings. The Morgan fingerprint density at radius 1 is 1.45 bits per heavy atom. The Morgan fingerprint density at radius 3 is 2.85 bits per heavy atom. The molecule has 2 rings (SSSR count). The van der Waals surface area contributed by atoms with Gasteiger partial charge in [-0.3, -0.25) is 4.79 Å². The van der Waals surface area contributed by atoms with Crippen LogP contribution in [0.25, 0.3) is 0 Å². The van der Waals surface area contributed by atoms with Gasteiger partial charge in [-0.25, -0.2) is 0 Å². The molecule has 1 amide bonds. The Balaban J connectivity index is 1.73. The monoisotopic (exact) mass is 280 g/mol. The number of rotatable bonds is 6. The number of nitrogens with one attached hydrogen (secondary N) is 1. The van der Waals surface area contributed by atoms with Crippen LogP contribution >= 0.6 is 0 Å². The van der Waals surface area contributed by atoms with E-state index in [9.17, 15) is 9.90 Å². The number of furan rings is 1. The van der Waals surface area contributed by atoms with Crippen LogP contribution in [0.1, 0.15) is 44.3 Å². The molecule has 1 aromatic heterocycles. The maximum atomic E-state index is 11.8. The Bertz CT molecular complexity index is 399. The zero-order valence-electron chi connectivity index (χ0n) is 11.8. The summed E-state index contributed by atoms with van der Waals surface area (Å²) in [5.74, 6) is 0.780. The number of carbonyl (C=O) groups excluding carboxylic acids is 1. The van der Waals surface area contributed by atoms with E-state index in [0.717, 1.165) is 19.3 Å². The lowest BCUT2D eigenvalue weighted by molar-refractivity contribution is -0.130. The molecular formula is C15H24N2O3. The number of hydrogen-bond acceptors (Lipinski definition) is 4. The van der Waals surface area contributed by atoms with Gasteiger partial charge in [0.25, 0.3) is 5.91 Å². The number of carbonyl (C=O) groups is 1. The molecule has 1 saturated carbocycles. The van der Waals surface area contributed by atoms with Crippen molar-refractivity contribution in [3.05, 3.63) is 24.2 Å². The second kappa shape index (κ2) is 7.45. The van der Waals surface area contributed by atoms with Gasteiger partial charge in [-0.1, -0.05) is 32.1 Å². The van der Waals surface area contributed by atoms with Gasteiger partial charge in [-0.05, 0) is 24.5 Å². The zero-order chi connectivity index (χ0) is 14.4. The van der Waals surface area contributed by atoms with Crippen molar-refractivity contribution in [3.8, 4) is 0 Å². The third-order valence-electron chi connectivity index (χ3n) is 4.02. The summed E-state index contributed by atoms with van der Waals surface area (Å²) in [7, 11) is 0. The standard InChI is InChI=1S/C15H24N2O3/c16-13(9-11-5-2-1-3-6-11)14(18)15(19)17-10-12-7-4-8-20-12/h4,7-8,11,13-14,18H,1-3,5-6,9-10,16H2,(H,17,19)/t13-,14?/m1/s1. The van der Waals surface area contributed by atoms with E-state index in [1.54, 1.807) is 18.4 Å². The lowest BCUT2D eigenvalue weighted by Crippen LogP contribution is -2.47. The van der Waals surface area contributed by atoms with Crippen LogP contribution in [0.3, 0.4) is 0 Å². The molecular weight excluding hydrogens is 256 g/mol. The van der Waals surface area contributed by atoms with Gasteiger partial charge in [-0.15, -0.1) is 0 Å². The molecule has 112 valence electrons. The van der Waals surface area contributed by atoms with Crippen molar-refractivity contribution < 1.29 is 14.3 Å². The summed E-state index contributed by atoms with van der Waals surface area (Å²) >= 11 is 0. The van der Waals surface area contributed by atoms with Gasteiger partial charge in [0, 0.05) is 6.04 Å². The SMILES string of the molecule is N[C@H](CC1CCCCC1)C(O)C(=O)NCc1ccco1. The summed E-state index contributed by atoms with van der Waals surface area (Å²) in [5, 5.41) is 12.6.